The van der Waals surface area contributed by atoms with Crippen LogP contribution in [-0.4, -0.2) is 39.4 Å². The number of piperidine rings is 1. The summed E-state index contributed by atoms with van der Waals surface area (Å²) in [5, 5.41) is 4.61. The first kappa shape index (κ1) is 18.4. The van der Waals surface area contributed by atoms with E-state index >= 15 is 0 Å². The summed E-state index contributed by atoms with van der Waals surface area (Å²) < 4.78 is 0. The van der Waals surface area contributed by atoms with E-state index < -0.39 is 0 Å². The molecular weight excluding hydrogens is 360 g/mol. The maximum Gasteiger partial charge on any atom is 0.254 e. The second-order valence-corrected chi connectivity index (χ2v) is 9.01. The molecule has 150 valence electrons. The van der Waals surface area contributed by atoms with Gasteiger partial charge in [-0.05, 0) is 86.5 Å². The van der Waals surface area contributed by atoms with Gasteiger partial charge in [0.25, 0.3) is 5.91 Å². The van der Waals surface area contributed by atoms with Crippen LogP contribution in [0.3, 0.4) is 0 Å². The predicted octanol–water partition coefficient (Wildman–Crippen LogP) is 4.01. The summed E-state index contributed by atoms with van der Waals surface area (Å²) in [5.74, 6) is 0.585. The number of rotatable bonds is 2. The van der Waals surface area contributed by atoms with Crippen LogP contribution >= 0.6 is 0 Å². The fraction of sp³-hybridized carbons (Fsp3) is 0.417. The van der Waals surface area contributed by atoms with Crippen LogP contribution in [0.25, 0.3) is 11.0 Å². The molecule has 29 heavy (non-hydrogen) atoms. The third kappa shape index (κ3) is 3.23. The summed E-state index contributed by atoms with van der Waals surface area (Å²) in [6, 6.07) is 10.4. The van der Waals surface area contributed by atoms with Crippen molar-refractivity contribution in [3.8, 4) is 0 Å². The van der Waals surface area contributed by atoms with E-state index in [2.05, 4.69) is 58.4 Å². The Labute approximate surface area is 171 Å². The van der Waals surface area contributed by atoms with Crippen LogP contribution in [0.2, 0.25) is 0 Å². The van der Waals surface area contributed by atoms with Crippen molar-refractivity contribution in [3.63, 3.8) is 0 Å². The molecule has 4 heterocycles. The van der Waals surface area contributed by atoms with Gasteiger partial charge in [0.1, 0.15) is 5.65 Å². The van der Waals surface area contributed by atoms with Gasteiger partial charge in [-0.1, -0.05) is 6.07 Å². The fourth-order valence-electron chi connectivity index (χ4n) is 5.13. The molecule has 1 atom stereocenters. The number of likely N-dealkylation sites (tertiary alicyclic amines) is 1. The zero-order chi connectivity index (χ0) is 20.0. The molecular formula is C24H28N4O. The largest absolute Gasteiger partial charge is 0.346 e. The summed E-state index contributed by atoms with van der Waals surface area (Å²) in [4.78, 5) is 23.2. The minimum atomic E-state index is -0.194. The number of carbonyl (C=O) groups excluding carboxylic acids is 1. The minimum absolute atomic E-state index is 0.155. The zero-order valence-electron chi connectivity index (χ0n) is 17.2. The predicted molar refractivity (Wildman–Crippen MR) is 115 cm³/mol. The summed E-state index contributed by atoms with van der Waals surface area (Å²) in [7, 11) is 0. The Balaban J connectivity index is 1.38. The van der Waals surface area contributed by atoms with E-state index in [1.54, 1.807) is 0 Å². The first-order chi connectivity index (χ1) is 14.0. The van der Waals surface area contributed by atoms with E-state index in [0.717, 1.165) is 50.1 Å². The van der Waals surface area contributed by atoms with Gasteiger partial charge in [0, 0.05) is 42.0 Å². The molecule has 2 N–H and O–H groups in total. The van der Waals surface area contributed by atoms with Gasteiger partial charge in [-0.15, -0.1) is 0 Å². The minimum Gasteiger partial charge on any atom is -0.346 e. The maximum absolute atomic E-state index is 13.4. The average Bonchev–Trinajstić information content (AvgIpc) is 3.16. The van der Waals surface area contributed by atoms with Crippen LogP contribution in [0.1, 0.15) is 59.7 Å². The number of hydrogen-bond acceptors (Lipinski definition) is 3. The van der Waals surface area contributed by atoms with Gasteiger partial charge in [0.05, 0.1) is 0 Å². The van der Waals surface area contributed by atoms with Gasteiger partial charge in [0.2, 0.25) is 0 Å². The number of amides is 1. The molecule has 0 spiro atoms. The molecule has 5 nitrogen and oxygen atoms in total. The molecule has 3 aromatic rings. The topological polar surface area (TPSA) is 61.0 Å². The van der Waals surface area contributed by atoms with Crippen molar-refractivity contribution in [2.45, 2.75) is 51.1 Å². The number of H-pyrrole nitrogens is 1. The second-order valence-electron chi connectivity index (χ2n) is 9.01. The number of carbonyl (C=O) groups is 1. The van der Waals surface area contributed by atoms with E-state index in [-0.39, 0.29) is 11.4 Å². The SMILES string of the molecule is CC1(C)CC(c2c[nH]c3ncccc23)CCN1C(=O)c1ccc2c(c1)CNCC2. The first-order valence-electron chi connectivity index (χ1n) is 10.6. The monoisotopic (exact) mass is 388 g/mol. The lowest BCUT2D eigenvalue weighted by Crippen LogP contribution is -2.52. The van der Waals surface area contributed by atoms with Crippen LogP contribution in [-0.2, 0) is 13.0 Å². The molecule has 0 aliphatic carbocycles. The van der Waals surface area contributed by atoms with Crippen molar-refractivity contribution in [3.05, 3.63) is 65.0 Å². The van der Waals surface area contributed by atoms with Crippen molar-refractivity contribution >= 4 is 16.9 Å². The van der Waals surface area contributed by atoms with Crippen LogP contribution in [0, 0.1) is 0 Å². The Hall–Kier alpha value is -2.66. The van der Waals surface area contributed by atoms with Gasteiger partial charge in [-0.3, -0.25) is 4.79 Å². The molecule has 0 saturated carbocycles. The number of fused-ring (bicyclic) bond motifs is 2. The Bertz CT molecular complexity index is 1070. The van der Waals surface area contributed by atoms with Gasteiger partial charge in [-0.2, -0.15) is 0 Å². The molecule has 1 saturated heterocycles. The number of nitrogens with zero attached hydrogens (tertiary/aromatic N) is 2. The van der Waals surface area contributed by atoms with Crippen molar-refractivity contribution in [2.24, 2.45) is 0 Å². The Morgan fingerprint density at radius 3 is 3.00 bits per heavy atom. The highest BCUT2D eigenvalue weighted by atomic mass is 16.2. The first-order valence-corrected chi connectivity index (χ1v) is 10.6. The molecule has 1 aromatic carbocycles. The fourth-order valence-corrected chi connectivity index (χ4v) is 5.13. The van der Waals surface area contributed by atoms with Gasteiger partial charge in [-0.25, -0.2) is 4.98 Å². The average molecular weight is 389 g/mol. The molecule has 0 radical (unpaired) electrons. The van der Waals surface area contributed by atoms with Gasteiger partial charge >= 0.3 is 0 Å². The number of aromatic amines is 1. The lowest BCUT2D eigenvalue weighted by molar-refractivity contribution is 0.0395. The molecule has 1 fully saturated rings. The summed E-state index contributed by atoms with van der Waals surface area (Å²) in [6.45, 7) is 7.05. The highest BCUT2D eigenvalue weighted by Gasteiger charge is 2.39. The molecule has 2 aliphatic rings. The molecule has 1 amide bonds. The van der Waals surface area contributed by atoms with Crippen molar-refractivity contribution in [1.29, 1.82) is 0 Å². The van der Waals surface area contributed by atoms with E-state index in [9.17, 15) is 4.79 Å². The third-order valence-corrected chi connectivity index (χ3v) is 6.69. The molecule has 2 aromatic heterocycles. The van der Waals surface area contributed by atoms with Gasteiger partial charge < -0.3 is 15.2 Å². The number of nitrogens with one attached hydrogen (secondary N) is 2. The number of pyridine rings is 1. The normalized spacial score (nSPS) is 21.2. The van der Waals surface area contributed by atoms with Crippen LogP contribution in [0.5, 0.6) is 0 Å². The second kappa shape index (κ2) is 6.99. The zero-order valence-corrected chi connectivity index (χ0v) is 17.2. The summed E-state index contributed by atoms with van der Waals surface area (Å²) >= 11 is 0. The van der Waals surface area contributed by atoms with E-state index in [1.807, 2.05) is 18.3 Å². The van der Waals surface area contributed by atoms with Crippen LogP contribution in [0.15, 0.2) is 42.7 Å². The summed E-state index contributed by atoms with van der Waals surface area (Å²) in [6.07, 6.45) is 6.89. The molecule has 0 bridgehead atoms. The number of aromatic nitrogens is 2. The van der Waals surface area contributed by atoms with Crippen molar-refractivity contribution < 1.29 is 4.79 Å². The Kier molecular flexibility index (Phi) is 4.43. The number of hydrogen-bond donors (Lipinski definition) is 2. The van der Waals surface area contributed by atoms with E-state index in [1.165, 1.54) is 22.1 Å². The standard InChI is InChI=1S/C24H28N4O/c1-24(2)13-18(21-15-27-22-20(21)4-3-9-26-22)8-11-28(24)23(29)17-6-5-16-7-10-25-14-19(16)12-17/h3-6,9,12,15,18,25H,7-8,10-11,13-14H2,1-2H3,(H,26,27). The van der Waals surface area contributed by atoms with Crippen LogP contribution < -0.4 is 5.32 Å². The highest BCUT2D eigenvalue weighted by molar-refractivity contribution is 5.95. The quantitative estimate of drug-likeness (QED) is 0.697. The van der Waals surface area contributed by atoms with Crippen molar-refractivity contribution in [2.75, 3.05) is 13.1 Å². The maximum atomic E-state index is 13.4. The third-order valence-electron chi connectivity index (χ3n) is 6.69. The molecule has 1 unspecified atom stereocenters. The smallest absolute Gasteiger partial charge is 0.254 e. The summed E-state index contributed by atoms with van der Waals surface area (Å²) in [5.41, 5.74) is 5.53. The Morgan fingerprint density at radius 1 is 1.24 bits per heavy atom. The Morgan fingerprint density at radius 2 is 2.14 bits per heavy atom. The molecule has 5 rings (SSSR count). The van der Waals surface area contributed by atoms with E-state index in [4.69, 9.17) is 0 Å². The van der Waals surface area contributed by atoms with E-state index in [0.29, 0.717) is 5.92 Å². The van der Waals surface area contributed by atoms with Crippen LogP contribution in [0.4, 0.5) is 0 Å². The lowest BCUT2D eigenvalue weighted by atomic mass is 9.78. The van der Waals surface area contributed by atoms with Crippen molar-refractivity contribution in [1.82, 2.24) is 20.2 Å². The van der Waals surface area contributed by atoms with Gasteiger partial charge in [0.15, 0.2) is 0 Å². The highest BCUT2D eigenvalue weighted by Crippen LogP contribution is 2.40. The number of benzene rings is 1. The molecule has 2 aliphatic heterocycles. The lowest BCUT2D eigenvalue weighted by Gasteiger charge is -2.46. The molecule has 5 heteroatoms.